The number of anilines is 1. The van der Waals surface area contributed by atoms with Crippen molar-refractivity contribution in [1.82, 2.24) is 10.3 Å². The van der Waals surface area contributed by atoms with Crippen molar-refractivity contribution < 1.29 is 4.79 Å². The van der Waals surface area contributed by atoms with E-state index >= 15 is 0 Å². The van der Waals surface area contributed by atoms with E-state index in [0.29, 0.717) is 0 Å². The van der Waals surface area contributed by atoms with Crippen LogP contribution < -0.4 is 10.2 Å². The zero-order valence-electron chi connectivity index (χ0n) is 10.4. The summed E-state index contributed by atoms with van der Waals surface area (Å²) in [5.74, 6) is 0.176. The van der Waals surface area contributed by atoms with E-state index in [1.807, 2.05) is 24.0 Å². The van der Waals surface area contributed by atoms with Gasteiger partial charge < -0.3 is 10.2 Å². The predicted molar refractivity (Wildman–Crippen MR) is 68.0 cm³/mol. The molecule has 1 unspecified atom stereocenters. The molecule has 1 aliphatic rings. The van der Waals surface area contributed by atoms with Crippen LogP contribution >= 0.6 is 0 Å². The summed E-state index contributed by atoms with van der Waals surface area (Å²) >= 11 is 0. The van der Waals surface area contributed by atoms with Crippen molar-refractivity contribution in [1.29, 1.82) is 0 Å². The average Bonchev–Trinajstić information content (AvgIpc) is 2.69. The highest BCUT2D eigenvalue weighted by atomic mass is 16.2. The van der Waals surface area contributed by atoms with Crippen molar-refractivity contribution in [2.75, 3.05) is 18.0 Å². The quantitative estimate of drug-likeness (QED) is 0.857. The van der Waals surface area contributed by atoms with Gasteiger partial charge in [0.25, 0.3) is 0 Å². The van der Waals surface area contributed by atoms with Crippen LogP contribution in [0.3, 0.4) is 0 Å². The van der Waals surface area contributed by atoms with Crippen molar-refractivity contribution in [2.24, 2.45) is 0 Å². The maximum Gasteiger partial charge on any atom is 0.244 e. The van der Waals surface area contributed by atoms with Crippen LogP contribution in [-0.4, -0.2) is 30.0 Å². The van der Waals surface area contributed by atoms with Crippen molar-refractivity contribution in [3.05, 3.63) is 24.0 Å². The van der Waals surface area contributed by atoms with Gasteiger partial charge in [0.05, 0.1) is 17.4 Å². The third-order valence-corrected chi connectivity index (χ3v) is 3.12. The van der Waals surface area contributed by atoms with E-state index in [1.54, 1.807) is 6.20 Å². The van der Waals surface area contributed by atoms with Crippen LogP contribution in [0.5, 0.6) is 0 Å². The molecule has 1 saturated heterocycles. The fourth-order valence-electron chi connectivity index (χ4n) is 2.19. The number of hydrogen-bond donors (Lipinski definition) is 1. The molecule has 17 heavy (non-hydrogen) atoms. The second-order valence-electron chi connectivity index (χ2n) is 4.39. The van der Waals surface area contributed by atoms with Gasteiger partial charge in [0.15, 0.2) is 0 Å². The van der Waals surface area contributed by atoms with Crippen LogP contribution in [0.2, 0.25) is 0 Å². The van der Waals surface area contributed by atoms with Crippen LogP contribution in [0, 0.1) is 6.92 Å². The van der Waals surface area contributed by atoms with Crippen LogP contribution in [-0.2, 0) is 4.79 Å². The summed E-state index contributed by atoms with van der Waals surface area (Å²) in [6.07, 6.45) is 3.69. The Balaban J connectivity index is 2.10. The highest BCUT2D eigenvalue weighted by Gasteiger charge is 2.32. The van der Waals surface area contributed by atoms with E-state index in [2.05, 4.69) is 17.2 Å². The first kappa shape index (κ1) is 12.0. The number of aryl methyl sites for hydroxylation is 1. The lowest BCUT2D eigenvalue weighted by Gasteiger charge is -2.18. The highest BCUT2D eigenvalue weighted by molar-refractivity contribution is 5.99. The molecule has 0 spiro atoms. The normalized spacial score (nSPS) is 20.0. The van der Waals surface area contributed by atoms with E-state index in [4.69, 9.17) is 0 Å². The van der Waals surface area contributed by atoms with Gasteiger partial charge in [-0.25, -0.2) is 0 Å². The molecule has 92 valence electrons. The van der Waals surface area contributed by atoms with Crippen molar-refractivity contribution in [3.63, 3.8) is 0 Å². The minimum Gasteiger partial charge on any atom is -0.309 e. The number of nitrogens with zero attached hydrogens (tertiary/aromatic N) is 2. The number of nitrogens with one attached hydrogen (secondary N) is 1. The van der Waals surface area contributed by atoms with Crippen LogP contribution in [0.15, 0.2) is 18.3 Å². The smallest absolute Gasteiger partial charge is 0.244 e. The molecule has 0 aromatic carbocycles. The molecule has 0 radical (unpaired) electrons. The summed E-state index contributed by atoms with van der Waals surface area (Å²) in [4.78, 5) is 18.3. The van der Waals surface area contributed by atoms with Gasteiger partial charge in [-0.1, -0.05) is 6.92 Å². The summed E-state index contributed by atoms with van der Waals surface area (Å²) in [5, 5.41) is 3.29. The van der Waals surface area contributed by atoms with Crippen LogP contribution in [0.4, 0.5) is 5.69 Å². The lowest BCUT2D eigenvalue weighted by Crippen LogP contribution is -2.38. The molecule has 2 heterocycles. The Kier molecular flexibility index (Phi) is 3.74. The molecule has 0 saturated carbocycles. The third kappa shape index (κ3) is 2.47. The molecule has 1 aromatic rings. The molecule has 1 amide bonds. The Morgan fingerprint density at radius 1 is 1.59 bits per heavy atom. The van der Waals surface area contributed by atoms with Gasteiger partial charge in [-0.15, -0.1) is 0 Å². The molecule has 1 aromatic heterocycles. The first-order valence-corrected chi connectivity index (χ1v) is 6.20. The zero-order valence-corrected chi connectivity index (χ0v) is 10.4. The van der Waals surface area contributed by atoms with Crippen LogP contribution in [0.25, 0.3) is 0 Å². The largest absolute Gasteiger partial charge is 0.309 e. The van der Waals surface area contributed by atoms with Crippen molar-refractivity contribution in [2.45, 2.75) is 32.7 Å². The molecule has 1 fully saturated rings. The molecule has 4 heteroatoms. The van der Waals surface area contributed by atoms with Gasteiger partial charge in [0.2, 0.25) is 5.91 Å². The van der Waals surface area contributed by atoms with E-state index in [0.717, 1.165) is 37.3 Å². The second kappa shape index (κ2) is 5.27. The van der Waals surface area contributed by atoms with Crippen molar-refractivity contribution >= 4 is 11.6 Å². The number of carbonyl (C=O) groups excluding carboxylic acids is 1. The van der Waals surface area contributed by atoms with Crippen LogP contribution in [0.1, 0.15) is 25.5 Å². The summed E-state index contributed by atoms with van der Waals surface area (Å²) < 4.78 is 0. The Morgan fingerprint density at radius 3 is 3.12 bits per heavy atom. The summed E-state index contributed by atoms with van der Waals surface area (Å²) in [7, 11) is 0. The summed E-state index contributed by atoms with van der Waals surface area (Å²) in [6, 6.07) is 3.82. The molecule has 1 aliphatic heterocycles. The third-order valence-electron chi connectivity index (χ3n) is 3.12. The van der Waals surface area contributed by atoms with Gasteiger partial charge in [0.1, 0.15) is 0 Å². The Labute approximate surface area is 102 Å². The standard InChI is InChI=1S/C13H19N3O/c1-3-7-15-11-6-9-16(13(11)17)12-5-4-8-14-10(12)2/h4-5,8,11,15H,3,6-7,9H2,1-2H3. The number of pyridine rings is 1. The molecule has 0 aliphatic carbocycles. The van der Waals surface area contributed by atoms with Gasteiger partial charge in [-0.3, -0.25) is 9.78 Å². The minimum atomic E-state index is -0.0189. The maximum absolute atomic E-state index is 12.2. The fourth-order valence-corrected chi connectivity index (χ4v) is 2.19. The number of rotatable bonds is 4. The molecular formula is C13H19N3O. The van der Waals surface area contributed by atoms with Gasteiger partial charge in [-0.2, -0.15) is 0 Å². The number of carbonyl (C=O) groups is 1. The highest BCUT2D eigenvalue weighted by Crippen LogP contribution is 2.23. The summed E-state index contributed by atoms with van der Waals surface area (Å²) in [6.45, 7) is 5.73. The van der Waals surface area contributed by atoms with E-state index in [9.17, 15) is 4.79 Å². The minimum absolute atomic E-state index is 0.0189. The first-order chi connectivity index (χ1) is 8.24. The monoisotopic (exact) mass is 233 g/mol. The lowest BCUT2D eigenvalue weighted by molar-refractivity contribution is -0.118. The predicted octanol–water partition coefficient (Wildman–Crippen LogP) is 1.49. The van der Waals surface area contributed by atoms with Gasteiger partial charge in [0, 0.05) is 12.7 Å². The molecule has 4 nitrogen and oxygen atoms in total. The molecule has 1 atom stereocenters. The maximum atomic E-state index is 12.2. The Hall–Kier alpha value is -1.42. The Morgan fingerprint density at radius 2 is 2.41 bits per heavy atom. The molecule has 2 rings (SSSR count). The SMILES string of the molecule is CCCNC1CCN(c2cccnc2C)C1=O. The van der Waals surface area contributed by atoms with Gasteiger partial charge >= 0.3 is 0 Å². The van der Waals surface area contributed by atoms with E-state index < -0.39 is 0 Å². The fraction of sp³-hybridized carbons (Fsp3) is 0.538. The van der Waals surface area contributed by atoms with E-state index in [-0.39, 0.29) is 11.9 Å². The second-order valence-corrected chi connectivity index (χ2v) is 4.39. The number of hydrogen-bond acceptors (Lipinski definition) is 3. The van der Waals surface area contributed by atoms with Gasteiger partial charge in [-0.05, 0) is 38.4 Å². The van der Waals surface area contributed by atoms with Crippen molar-refractivity contribution in [3.8, 4) is 0 Å². The molecule has 1 N–H and O–H groups in total. The number of amides is 1. The number of aromatic nitrogens is 1. The zero-order chi connectivity index (χ0) is 12.3. The topological polar surface area (TPSA) is 45.2 Å². The summed E-state index contributed by atoms with van der Waals surface area (Å²) in [5.41, 5.74) is 1.86. The molecule has 0 bridgehead atoms. The molecular weight excluding hydrogens is 214 g/mol. The lowest BCUT2D eigenvalue weighted by atomic mass is 10.2. The van der Waals surface area contributed by atoms with E-state index in [1.165, 1.54) is 0 Å². The average molecular weight is 233 g/mol. The first-order valence-electron chi connectivity index (χ1n) is 6.20. The Bertz CT molecular complexity index is 405.